The van der Waals surface area contributed by atoms with Gasteiger partial charge in [0.15, 0.2) is 5.13 Å². The maximum absolute atomic E-state index is 12.7. The van der Waals surface area contributed by atoms with Crippen LogP contribution in [-0.2, 0) is 24.7 Å². The Morgan fingerprint density at radius 3 is 2.33 bits per heavy atom. The number of piperidine rings is 1. The van der Waals surface area contributed by atoms with Crippen molar-refractivity contribution in [3.8, 4) is 0 Å². The van der Waals surface area contributed by atoms with Gasteiger partial charge in [0.1, 0.15) is 4.21 Å². The lowest BCUT2D eigenvalue weighted by Gasteiger charge is -2.29. The average Bonchev–Trinajstić information content (AvgIpc) is 3.17. The zero-order valence-corrected chi connectivity index (χ0v) is 18.2. The van der Waals surface area contributed by atoms with Gasteiger partial charge < -0.3 is 5.32 Å². The molecular formula is C16H18N4O7S3. The molecule has 1 fully saturated rings. The minimum absolute atomic E-state index is 0.103. The minimum Gasteiger partial charge on any atom is -0.302 e. The Morgan fingerprint density at radius 2 is 1.80 bits per heavy atom. The summed E-state index contributed by atoms with van der Waals surface area (Å²) in [5, 5.41) is 13.4. The topological polar surface area (TPSA) is 157 Å². The van der Waals surface area contributed by atoms with Gasteiger partial charge in [0.25, 0.3) is 5.69 Å². The lowest BCUT2D eigenvalue weighted by atomic mass is 9.97. The van der Waals surface area contributed by atoms with E-state index in [4.69, 9.17) is 0 Å². The van der Waals surface area contributed by atoms with Gasteiger partial charge in [-0.25, -0.2) is 26.1 Å². The highest BCUT2D eigenvalue weighted by Gasteiger charge is 2.30. The highest BCUT2D eigenvalue weighted by atomic mass is 32.2. The zero-order chi connectivity index (χ0) is 22.1. The van der Waals surface area contributed by atoms with Crippen molar-refractivity contribution in [1.82, 2.24) is 9.29 Å². The van der Waals surface area contributed by atoms with E-state index in [0.717, 1.165) is 48.1 Å². The molecule has 0 aliphatic carbocycles. The first-order valence-corrected chi connectivity index (χ1v) is 12.8. The molecule has 1 aromatic heterocycles. The van der Waals surface area contributed by atoms with Crippen molar-refractivity contribution in [3.63, 3.8) is 0 Å². The maximum Gasteiger partial charge on any atom is 0.269 e. The molecule has 1 amide bonds. The summed E-state index contributed by atoms with van der Waals surface area (Å²) >= 11 is 0.771. The van der Waals surface area contributed by atoms with Crippen molar-refractivity contribution in [2.45, 2.75) is 21.9 Å². The summed E-state index contributed by atoms with van der Waals surface area (Å²) in [7, 11) is -7.23. The van der Waals surface area contributed by atoms with Crippen molar-refractivity contribution < 1.29 is 26.6 Å². The second-order valence-electron chi connectivity index (χ2n) is 6.66. The highest BCUT2D eigenvalue weighted by molar-refractivity contribution is 7.93. The third kappa shape index (κ3) is 4.83. The molecule has 0 unspecified atom stereocenters. The molecule has 30 heavy (non-hydrogen) atoms. The van der Waals surface area contributed by atoms with Crippen molar-refractivity contribution in [2.24, 2.45) is 5.92 Å². The van der Waals surface area contributed by atoms with Crippen LogP contribution in [0.15, 0.2) is 39.6 Å². The predicted octanol–water partition coefficient (Wildman–Crippen LogP) is 1.49. The number of anilines is 1. The summed E-state index contributed by atoms with van der Waals surface area (Å²) in [5.41, 5.74) is -0.229. The van der Waals surface area contributed by atoms with Gasteiger partial charge in [0.2, 0.25) is 25.8 Å². The van der Waals surface area contributed by atoms with Gasteiger partial charge in [0, 0.05) is 31.1 Å². The number of carbonyl (C=O) groups excluding carboxylic acids is 1. The van der Waals surface area contributed by atoms with Gasteiger partial charge in [-0.05, 0) is 25.0 Å². The number of thiazole rings is 1. The number of nitro groups is 1. The molecule has 2 aromatic rings. The quantitative estimate of drug-likeness (QED) is 0.487. The first-order chi connectivity index (χ1) is 14.0. The third-order valence-corrected chi connectivity index (χ3v) is 9.08. The molecule has 2 heterocycles. The van der Waals surface area contributed by atoms with E-state index < -0.39 is 30.7 Å². The standard InChI is InChI=1S/C16H18N4O7S3/c1-29(24,25)19-8-6-11(7-9-19)15(21)18-16-17-10-14(28-16)30(26,27)13-4-2-12(3-5-13)20(22)23/h2-5,10-11H,6-9H2,1H3,(H,17,18,21). The Bertz CT molecular complexity index is 1170. The van der Waals surface area contributed by atoms with E-state index in [-0.39, 0.29) is 38.9 Å². The zero-order valence-electron chi connectivity index (χ0n) is 15.7. The number of sulfone groups is 1. The van der Waals surface area contributed by atoms with Crippen molar-refractivity contribution >= 4 is 47.9 Å². The van der Waals surface area contributed by atoms with E-state index in [1.54, 1.807) is 0 Å². The van der Waals surface area contributed by atoms with E-state index in [1.165, 1.54) is 4.31 Å². The Kier molecular flexibility index (Phi) is 6.21. The number of sulfonamides is 1. The van der Waals surface area contributed by atoms with E-state index in [0.29, 0.717) is 12.8 Å². The lowest BCUT2D eigenvalue weighted by Crippen LogP contribution is -2.40. The summed E-state index contributed by atoms with van der Waals surface area (Å²) in [5.74, 6) is -0.751. The van der Waals surface area contributed by atoms with Crippen LogP contribution < -0.4 is 5.32 Å². The van der Waals surface area contributed by atoms with Crippen LogP contribution in [0, 0.1) is 16.0 Å². The van der Waals surface area contributed by atoms with Crippen LogP contribution in [-0.4, -0.2) is 56.3 Å². The van der Waals surface area contributed by atoms with Gasteiger partial charge in [-0.3, -0.25) is 14.9 Å². The molecule has 0 saturated carbocycles. The van der Waals surface area contributed by atoms with Crippen molar-refractivity contribution in [2.75, 3.05) is 24.7 Å². The Balaban J connectivity index is 1.67. The van der Waals surface area contributed by atoms with Gasteiger partial charge in [-0.2, -0.15) is 0 Å². The monoisotopic (exact) mass is 474 g/mol. The van der Waals surface area contributed by atoms with E-state index in [9.17, 15) is 31.7 Å². The van der Waals surface area contributed by atoms with Crippen LogP contribution in [0.5, 0.6) is 0 Å². The van der Waals surface area contributed by atoms with Crippen molar-refractivity contribution in [3.05, 3.63) is 40.6 Å². The van der Waals surface area contributed by atoms with E-state index in [1.807, 2.05) is 0 Å². The van der Waals surface area contributed by atoms with Crippen LogP contribution in [0.1, 0.15) is 12.8 Å². The Morgan fingerprint density at radius 1 is 1.20 bits per heavy atom. The van der Waals surface area contributed by atoms with Crippen molar-refractivity contribution in [1.29, 1.82) is 0 Å². The van der Waals surface area contributed by atoms with Gasteiger partial charge >= 0.3 is 0 Å². The fraction of sp³-hybridized carbons (Fsp3) is 0.375. The smallest absolute Gasteiger partial charge is 0.269 e. The molecule has 162 valence electrons. The Hall–Kier alpha value is -2.42. The molecule has 3 rings (SSSR count). The fourth-order valence-corrected chi connectivity index (χ4v) is 6.27. The molecule has 11 nitrogen and oxygen atoms in total. The van der Waals surface area contributed by atoms with Crippen LogP contribution in [0.3, 0.4) is 0 Å². The number of carbonyl (C=O) groups is 1. The maximum atomic E-state index is 12.7. The second-order valence-corrected chi connectivity index (χ2v) is 11.9. The number of nitro benzene ring substituents is 1. The molecular weight excluding hydrogens is 456 g/mol. The molecule has 1 saturated heterocycles. The summed E-state index contributed by atoms with van der Waals surface area (Å²) in [4.78, 5) is 26.3. The number of nitrogens with zero attached hydrogens (tertiary/aromatic N) is 3. The molecule has 1 N–H and O–H groups in total. The van der Waals surface area contributed by atoms with Crippen LogP contribution >= 0.6 is 11.3 Å². The van der Waals surface area contributed by atoms with E-state index in [2.05, 4.69) is 10.3 Å². The molecule has 1 aliphatic rings. The second kappa shape index (κ2) is 8.37. The first kappa shape index (κ1) is 22.3. The minimum atomic E-state index is -3.94. The molecule has 14 heteroatoms. The molecule has 0 bridgehead atoms. The van der Waals surface area contributed by atoms with E-state index >= 15 is 0 Å². The number of amides is 1. The third-order valence-electron chi connectivity index (χ3n) is 4.63. The number of hydrogen-bond acceptors (Lipinski definition) is 9. The number of rotatable bonds is 6. The fourth-order valence-electron chi connectivity index (χ4n) is 2.96. The number of nitrogens with one attached hydrogen (secondary N) is 1. The highest BCUT2D eigenvalue weighted by Crippen LogP contribution is 2.30. The molecule has 0 spiro atoms. The number of non-ortho nitro benzene ring substituents is 1. The molecule has 1 aliphatic heterocycles. The normalized spacial score (nSPS) is 16.3. The lowest BCUT2D eigenvalue weighted by molar-refractivity contribution is -0.384. The summed E-state index contributed by atoms with van der Waals surface area (Å²) < 4.78 is 49.6. The number of hydrogen-bond donors (Lipinski definition) is 1. The van der Waals surface area contributed by atoms with Gasteiger partial charge in [-0.1, -0.05) is 11.3 Å². The van der Waals surface area contributed by atoms with Crippen LogP contribution in [0.25, 0.3) is 0 Å². The molecule has 0 radical (unpaired) electrons. The number of aromatic nitrogens is 1. The largest absolute Gasteiger partial charge is 0.302 e. The summed E-state index contributed by atoms with van der Waals surface area (Å²) in [6.45, 7) is 0.489. The Labute approximate surface area is 176 Å². The predicted molar refractivity (Wildman–Crippen MR) is 108 cm³/mol. The van der Waals surface area contributed by atoms with Gasteiger partial charge in [-0.15, -0.1) is 0 Å². The summed E-state index contributed by atoms with van der Waals surface area (Å²) in [6, 6.07) is 4.47. The SMILES string of the molecule is CS(=O)(=O)N1CCC(C(=O)Nc2ncc(S(=O)(=O)c3ccc([N+](=O)[O-])cc3)s2)CC1. The molecule has 1 aromatic carbocycles. The first-order valence-electron chi connectivity index (χ1n) is 8.70. The van der Waals surface area contributed by atoms with Crippen LogP contribution in [0.4, 0.5) is 10.8 Å². The van der Waals surface area contributed by atoms with Gasteiger partial charge in [0.05, 0.1) is 22.3 Å². The average molecular weight is 475 g/mol. The number of benzene rings is 1. The molecule has 0 atom stereocenters. The van der Waals surface area contributed by atoms with Crippen LogP contribution in [0.2, 0.25) is 0 Å². The summed E-state index contributed by atoms with van der Waals surface area (Å²) in [6.07, 6.45) is 2.95.